The first-order valence-electron chi connectivity index (χ1n) is 6.06. The Morgan fingerprint density at radius 3 is 2.80 bits per heavy atom. The van der Waals surface area contributed by atoms with Gasteiger partial charge in [0.25, 0.3) is 5.69 Å². The van der Waals surface area contributed by atoms with Crippen LogP contribution in [0.5, 0.6) is 0 Å². The second kappa shape index (κ2) is 5.98. The Bertz CT molecular complexity index is 642. The molecule has 0 aliphatic heterocycles. The summed E-state index contributed by atoms with van der Waals surface area (Å²) in [6.07, 6.45) is 0.774. The zero-order valence-electron chi connectivity index (χ0n) is 10.8. The number of nitrogens with zero attached hydrogens (tertiary/aromatic N) is 4. The van der Waals surface area contributed by atoms with Gasteiger partial charge in [0.1, 0.15) is 12.2 Å². The molecule has 0 saturated carbocycles. The van der Waals surface area contributed by atoms with E-state index in [-0.39, 0.29) is 22.9 Å². The molecule has 106 valence electrons. The van der Waals surface area contributed by atoms with Crippen molar-refractivity contribution in [3.8, 4) is 11.4 Å². The summed E-state index contributed by atoms with van der Waals surface area (Å²) in [5.74, 6) is 0.657. The molecule has 0 saturated heterocycles. The Kier molecular flexibility index (Phi) is 4.31. The van der Waals surface area contributed by atoms with Crippen LogP contribution >= 0.6 is 11.6 Å². The fourth-order valence-electron chi connectivity index (χ4n) is 1.98. The molecule has 0 amide bonds. The summed E-state index contributed by atoms with van der Waals surface area (Å²) in [5, 5.41) is 28.4. The number of aromatic nitrogens is 3. The van der Waals surface area contributed by atoms with Crippen LogP contribution in [0.15, 0.2) is 18.2 Å². The van der Waals surface area contributed by atoms with Crippen LogP contribution in [0, 0.1) is 10.1 Å². The lowest BCUT2D eigenvalue weighted by Gasteiger charge is -2.09. The first-order valence-corrected chi connectivity index (χ1v) is 6.44. The average molecular weight is 297 g/mol. The second-order valence-electron chi connectivity index (χ2n) is 4.14. The summed E-state index contributed by atoms with van der Waals surface area (Å²) in [4.78, 5) is 10.6. The fourth-order valence-corrected chi connectivity index (χ4v) is 2.24. The largest absolute Gasteiger partial charge is 0.388 e. The highest BCUT2D eigenvalue weighted by atomic mass is 35.5. The van der Waals surface area contributed by atoms with E-state index in [4.69, 9.17) is 11.6 Å². The van der Waals surface area contributed by atoms with Crippen molar-refractivity contribution in [3.05, 3.63) is 39.2 Å². The lowest BCUT2D eigenvalue weighted by atomic mass is 10.1. The van der Waals surface area contributed by atoms with Gasteiger partial charge in [-0.2, -0.15) is 0 Å². The molecule has 0 bridgehead atoms. The van der Waals surface area contributed by atoms with E-state index < -0.39 is 4.92 Å². The molecule has 1 aromatic carbocycles. The van der Waals surface area contributed by atoms with E-state index >= 15 is 0 Å². The predicted molar refractivity (Wildman–Crippen MR) is 73.3 cm³/mol. The van der Waals surface area contributed by atoms with Crippen molar-refractivity contribution in [2.24, 2.45) is 0 Å². The summed E-state index contributed by atoms with van der Waals surface area (Å²) in [6, 6.07) is 4.44. The quantitative estimate of drug-likeness (QED) is 0.675. The molecule has 1 aromatic heterocycles. The maximum absolute atomic E-state index is 11.1. The topological polar surface area (TPSA) is 94.1 Å². The Morgan fingerprint density at radius 2 is 2.20 bits per heavy atom. The van der Waals surface area contributed by atoms with Gasteiger partial charge in [0.2, 0.25) is 0 Å². The maximum Gasteiger partial charge on any atom is 0.281 e. The second-order valence-corrected chi connectivity index (χ2v) is 4.55. The monoisotopic (exact) mass is 296 g/mol. The van der Waals surface area contributed by atoms with Gasteiger partial charge in [-0.05, 0) is 12.5 Å². The summed E-state index contributed by atoms with van der Waals surface area (Å²) < 4.78 is 1.65. The standard InChI is InChI=1S/C12H13ClN4O3/c1-2-6-16-10(7-18)14-15-12(16)11-8(13)4-3-5-9(11)17(19)20/h3-5,18H,2,6-7H2,1H3. The third-order valence-electron chi connectivity index (χ3n) is 2.83. The first kappa shape index (κ1) is 14.4. The minimum atomic E-state index is -0.509. The fraction of sp³-hybridized carbons (Fsp3) is 0.333. The zero-order valence-corrected chi connectivity index (χ0v) is 11.5. The average Bonchev–Trinajstić information content (AvgIpc) is 2.81. The van der Waals surface area contributed by atoms with Gasteiger partial charge in [-0.25, -0.2) is 0 Å². The summed E-state index contributed by atoms with van der Waals surface area (Å²) in [7, 11) is 0. The molecule has 1 heterocycles. The van der Waals surface area contributed by atoms with E-state index in [0.29, 0.717) is 18.2 Å². The molecule has 0 unspecified atom stereocenters. The molecular formula is C12H13ClN4O3. The smallest absolute Gasteiger partial charge is 0.281 e. The van der Waals surface area contributed by atoms with E-state index in [0.717, 1.165) is 6.42 Å². The molecule has 0 fully saturated rings. The molecule has 0 aliphatic rings. The van der Waals surface area contributed by atoms with Crippen LogP contribution in [0.3, 0.4) is 0 Å². The van der Waals surface area contributed by atoms with Crippen LogP contribution in [0.1, 0.15) is 19.2 Å². The lowest BCUT2D eigenvalue weighted by Crippen LogP contribution is -2.06. The van der Waals surface area contributed by atoms with Gasteiger partial charge in [0.05, 0.1) is 9.95 Å². The van der Waals surface area contributed by atoms with Crippen LogP contribution in [0.25, 0.3) is 11.4 Å². The molecule has 0 aliphatic carbocycles. The Morgan fingerprint density at radius 1 is 1.45 bits per heavy atom. The van der Waals surface area contributed by atoms with E-state index in [2.05, 4.69) is 10.2 Å². The zero-order chi connectivity index (χ0) is 14.7. The van der Waals surface area contributed by atoms with Crippen molar-refractivity contribution >= 4 is 17.3 Å². The predicted octanol–water partition coefficient (Wildman–Crippen LogP) is 2.41. The molecule has 0 radical (unpaired) electrons. The highest BCUT2D eigenvalue weighted by molar-refractivity contribution is 6.33. The normalized spacial score (nSPS) is 10.8. The lowest BCUT2D eigenvalue weighted by molar-refractivity contribution is -0.384. The number of aliphatic hydroxyl groups excluding tert-OH is 1. The van der Waals surface area contributed by atoms with Gasteiger partial charge >= 0.3 is 0 Å². The van der Waals surface area contributed by atoms with Gasteiger partial charge in [-0.3, -0.25) is 10.1 Å². The van der Waals surface area contributed by atoms with Crippen LogP contribution < -0.4 is 0 Å². The van der Waals surface area contributed by atoms with Crippen molar-refractivity contribution < 1.29 is 10.0 Å². The number of halogens is 1. The number of nitro groups is 1. The number of aliphatic hydroxyl groups is 1. The molecule has 2 aromatic rings. The van der Waals surface area contributed by atoms with Crippen LogP contribution in [0.4, 0.5) is 5.69 Å². The number of rotatable bonds is 5. The minimum Gasteiger partial charge on any atom is -0.388 e. The van der Waals surface area contributed by atoms with E-state index in [1.807, 2.05) is 6.92 Å². The summed E-state index contributed by atoms with van der Waals surface area (Å²) >= 11 is 6.08. The van der Waals surface area contributed by atoms with Gasteiger partial charge in [0, 0.05) is 12.6 Å². The summed E-state index contributed by atoms with van der Waals surface area (Å²) in [5.41, 5.74) is 0.0894. The third-order valence-corrected chi connectivity index (χ3v) is 3.14. The highest BCUT2D eigenvalue weighted by Crippen LogP contribution is 2.35. The van der Waals surface area contributed by atoms with Crippen LogP contribution in [-0.4, -0.2) is 24.8 Å². The molecule has 1 N–H and O–H groups in total. The van der Waals surface area contributed by atoms with Gasteiger partial charge in [-0.1, -0.05) is 24.6 Å². The molecular weight excluding hydrogens is 284 g/mol. The van der Waals surface area contributed by atoms with E-state index in [1.165, 1.54) is 12.1 Å². The Hall–Kier alpha value is -1.99. The number of nitro benzene ring substituents is 1. The van der Waals surface area contributed by atoms with Crippen molar-refractivity contribution in [1.82, 2.24) is 14.8 Å². The number of benzene rings is 1. The van der Waals surface area contributed by atoms with Gasteiger partial charge in [0.15, 0.2) is 11.6 Å². The molecule has 2 rings (SSSR count). The van der Waals surface area contributed by atoms with E-state index in [1.54, 1.807) is 10.6 Å². The van der Waals surface area contributed by atoms with Crippen LogP contribution in [0.2, 0.25) is 5.02 Å². The molecule has 20 heavy (non-hydrogen) atoms. The third kappa shape index (κ3) is 2.50. The number of hydrogen-bond acceptors (Lipinski definition) is 5. The molecule has 0 spiro atoms. The van der Waals surface area contributed by atoms with Gasteiger partial charge < -0.3 is 9.67 Å². The van der Waals surface area contributed by atoms with Crippen molar-refractivity contribution in [1.29, 1.82) is 0 Å². The van der Waals surface area contributed by atoms with Crippen molar-refractivity contribution in [3.63, 3.8) is 0 Å². The minimum absolute atomic E-state index is 0.133. The van der Waals surface area contributed by atoms with Gasteiger partial charge in [-0.15, -0.1) is 10.2 Å². The Labute approximate surface area is 120 Å². The van der Waals surface area contributed by atoms with E-state index in [9.17, 15) is 15.2 Å². The first-order chi connectivity index (χ1) is 9.60. The number of hydrogen-bond donors (Lipinski definition) is 1. The molecule has 8 heteroatoms. The SMILES string of the molecule is CCCn1c(CO)nnc1-c1c(Cl)cccc1[N+](=O)[O-]. The molecule has 0 atom stereocenters. The summed E-state index contributed by atoms with van der Waals surface area (Å²) in [6.45, 7) is 2.21. The molecule has 7 nitrogen and oxygen atoms in total. The van der Waals surface area contributed by atoms with Crippen molar-refractivity contribution in [2.45, 2.75) is 26.5 Å². The Balaban J connectivity index is 2.68. The van der Waals surface area contributed by atoms with Crippen LogP contribution in [-0.2, 0) is 13.2 Å². The highest BCUT2D eigenvalue weighted by Gasteiger charge is 2.24. The maximum atomic E-state index is 11.1. The van der Waals surface area contributed by atoms with Crippen molar-refractivity contribution in [2.75, 3.05) is 0 Å².